The average molecular weight is 549 g/mol. The van der Waals surface area contributed by atoms with E-state index in [1.54, 1.807) is 18.2 Å². The van der Waals surface area contributed by atoms with E-state index in [2.05, 4.69) is 39.1 Å². The van der Waals surface area contributed by atoms with Crippen molar-refractivity contribution in [2.45, 2.75) is 33.4 Å². The van der Waals surface area contributed by atoms with Gasteiger partial charge in [0, 0.05) is 8.96 Å². The first kappa shape index (κ1) is 21.7. The van der Waals surface area contributed by atoms with Crippen LogP contribution in [0.25, 0.3) is 21.0 Å². The molecule has 31 heavy (non-hydrogen) atoms. The number of fused-ring (bicyclic) bond motifs is 2. The van der Waals surface area contributed by atoms with Gasteiger partial charge in [-0.3, -0.25) is 9.36 Å². The molecule has 0 saturated carbocycles. The number of ether oxygens (including phenoxy) is 1. The van der Waals surface area contributed by atoms with E-state index >= 15 is 0 Å². The van der Waals surface area contributed by atoms with Crippen LogP contribution in [0.1, 0.15) is 29.8 Å². The summed E-state index contributed by atoms with van der Waals surface area (Å²) in [5.74, 6) is -0.651. The molecular weight excluding hydrogens is 529 g/mol. The lowest BCUT2D eigenvalue weighted by Gasteiger charge is -2.17. The molecule has 160 valence electrons. The second-order valence-corrected chi connectivity index (χ2v) is 9.43. The Morgan fingerprint density at radius 1 is 1.23 bits per heavy atom. The quantitative estimate of drug-likeness (QED) is 0.286. The fourth-order valence-corrected chi connectivity index (χ4v) is 5.62. The fraction of sp³-hybridized carbons (Fsp3) is 0.273. The molecule has 2 heterocycles. The molecule has 4 rings (SSSR count). The number of carbonyl (C=O) groups excluding carboxylic acids is 1. The highest BCUT2D eigenvalue weighted by atomic mass is 127. The van der Waals surface area contributed by atoms with E-state index in [-0.39, 0.29) is 6.54 Å². The Balaban J connectivity index is 2.03. The maximum atomic E-state index is 13.5. The molecule has 2 aromatic carbocycles. The molecule has 0 spiro atoms. The van der Waals surface area contributed by atoms with Gasteiger partial charge in [-0.25, -0.2) is 14.2 Å². The van der Waals surface area contributed by atoms with Crippen LogP contribution in [0.3, 0.4) is 0 Å². The van der Waals surface area contributed by atoms with E-state index in [1.165, 1.54) is 30.1 Å². The van der Waals surface area contributed by atoms with E-state index in [0.717, 1.165) is 31.5 Å². The van der Waals surface area contributed by atoms with Gasteiger partial charge in [-0.05, 0) is 84.2 Å². The molecule has 2 aromatic heterocycles. The van der Waals surface area contributed by atoms with E-state index < -0.39 is 23.3 Å². The van der Waals surface area contributed by atoms with Gasteiger partial charge in [-0.1, -0.05) is 12.1 Å². The van der Waals surface area contributed by atoms with Crippen molar-refractivity contribution >= 4 is 61.1 Å². The van der Waals surface area contributed by atoms with Crippen LogP contribution in [0.5, 0.6) is 0 Å². The van der Waals surface area contributed by atoms with Crippen molar-refractivity contribution in [1.29, 1.82) is 0 Å². The van der Waals surface area contributed by atoms with Crippen LogP contribution < -0.4 is 11.2 Å². The largest absolute Gasteiger partial charge is 0.467 e. The van der Waals surface area contributed by atoms with Crippen LogP contribution in [0, 0.1) is 17.4 Å². The number of carbonyl (C=O) groups is 1. The predicted octanol–water partition coefficient (Wildman–Crippen LogP) is 3.78. The minimum absolute atomic E-state index is 0.188. The second kappa shape index (κ2) is 8.19. The van der Waals surface area contributed by atoms with Gasteiger partial charge in [-0.15, -0.1) is 0 Å². The highest BCUT2D eigenvalue weighted by molar-refractivity contribution is 14.1. The third-order valence-corrected chi connectivity index (χ3v) is 7.11. The van der Waals surface area contributed by atoms with Crippen LogP contribution in [-0.2, 0) is 16.1 Å². The Kier molecular flexibility index (Phi) is 5.73. The highest BCUT2D eigenvalue weighted by Crippen LogP contribution is 2.28. The summed E-state index contributed by atoms with van der Waals surface area (Å²) in [4.78, 5) is 38.9. The molecule has 7 nitrogen and oxygen atoms in total. The van der Waals surface area contributed by atoms with Crippen LogP contribution in [0.15, 0.2) is 39.9 Å². The van der Waals surface area contributed by atoms with Crippen molar-refractivity contribution in [2.24, 2.45) is 0 Å². The van der Waals surface area contributed by atoms with Gasteiger partial charge in [0.05, 0.1) is 35.0 Å². The molecular formula is C22H20IN3O4S. The van der Waals surface area contributed by atoms with Crippen molar-refractivity contribution in [1.82, 2.24) is 13.5 Å². The molecule has 1 unspecified atom stereocenters. The zero-order chi connectivity index (χ0) is 22.4. The van der Waals surface area contributed by atoms with Gasteiger partial charge >= 0.3 is 11.7 Å². The molecule has 0 radical (unpaired) electrons. The first-order valence-corrected chi connectivity index (χ1v) is 11.5. The van der Waals surface area contributed by atoms with Crippen LogP contribution in [-0.4, -0.2) is 26.6 Å². The molecule has 1 atom stereocenters. The summed E-state index contributed by atoms with van der Waals surface area (Å²) in [6.07, 6.45) is 0. The lowest BCUT2D eigenvalue weighted by molar-refractivity contribution is -0.144. The van der Waals surface area contributed by atoms with E-state index in [1.807, 2.05) is 13.8 Å². The molecule has 4 aromatic rings. The van der Waals surface area contributed by atoms with Gasteiger partial charge in [0.1, 0.15) is 6.04 Å². The molecule has 0 amide bonds. The number of hydrogen-bond donors (Lipinski definition) is 0. The standard InChI is InChI=1S/C22H20IN3O4S/c1-11-8-12(2)18-15(24-31-17(18)9-11)10-25-16-7-5-6-14(23)19(16)20(27)26(22(25)29)13(3)21(28)30-4/h5-9,13H,10H2,1-4H3. The third kappa shape index (κ3) is 3.59. The Labute approximate surface area is 195 Å². The van der Waals surface area contributed by atoms with Gasteiger partial charge in [0.25, 0.3) is 5.56 Å². The van der Waals surface area contributed by atoms with Gasteiger partial charge in [0.2, 0.25) is 0 Å². The number of benzene rings is 2. The minimum atomic E-state index is -1.05. The van der Waals surface area contributed by atoms with E-state index in [9.17, 15) is 14.4 Å². The van der Waals surface area contributed by atoms with Crippen molar-refractivity contribution in [3.05, 3.63) is 71.6 Å². The van der Waals surface area contributed by atoms with Crippen molar-refractivity contribution in [2.75, 3.05) is 7.11 Å². The van der Waals surface area contributed by atoms with Gasteiger partial charge in [-0.2, -0.15) is 4.37 Å². The molecule has 9 heteroatoms. The number of aromatic nitrogens is 3. The van der Waals surface area contributed by atoms with E-state index in [4.69, 9.17) is 4.74 Å². The monoisotopic (exact) mass is 549 g/mol. The lowest BCUT2D eigenvalue weighted by Crippen LogP contribution is -2.44. The normalized spacial score (nSPS) is 12.4. The summed E-state index contributed by atoms with van der Waals surface area (Å²) in [6, 6.07) is 8.48. The predicted molar refractivity (Wildman–Crippen MR) is 130 cm³/mol. The number of hydrogen-bond acceptors (Lipinski definition) is 6. The topological polar surface area (TPSA) is 83.2 Å². The van der Waals surface area contributed by atoms with Crippen molar-refractivity contribution in [3.63, 3.8) is 0 Å². The molecule has 0 bridgehead atoms. The number of nitrogens with zero attached hydrogens (tertiary/aromatic N) is 3. The first-order valence-electron chi connectivity index (χ1n) is 9.61. The molecule has 0 aliphatic rings. The lowest BCUT2D eigenvalue weighted by atomic mass is 10.1. The Hall–Kier alpha value is -2.53. The number of methoxy groups -OCH3 is 1. The summed E-state index contributed by atoms with van der Waals surface area (Å²) in [5, 5.41) is 1.41. The van der Waals surface area contributed by atoms with Crippen LogP contribution >= 0.6 is 34.1 Å². The zero-order valence-corrected chi connectivity index (χ0v) is 20.4. The van der Waals surface area contributed by atoms with Crippen LogP contribution in [0.4, 0.5) is 0 Å². The summed E-state index contributed by atoms with van der Waals surface area (Å²) in [6.45, 7) is 5.74. The Bertz CT molecular complexity index is 1470. The fourth-order valence-electron chi connectivity index (χ4n) is 3.94. The van der Waals surface area contributed by atoms with Crippen LogP contribution in [0.2, 0.25) is 0 Å². The SMILES string of the molecule is COC(=O)C(C)n1c(=O)c2c(I)cccc2n(Cc2nsc3cc(C)cc(C)c23)c1=O. The Morgan fingerprint density at radius 2 is 1.97 bits per heavy atom. The van der Waals surface area contributed by atoms with E-state index in [0.29, 0.717) is 14.5 Å². The zero-order valence-electron chi connectivity index (χ0n) is 17.4. The minimum Gasteiger partial charge on any atom is -0.467 e. The van der Waals surface area contributed by atoms with Gasteiger partial charge < -0.3 is 4.74 Å². The molecule has 0 saturated heterocycles. The summed E-state index contributed by atoms with van der Waals surface area (Å²) in [5.41, 5.74) is 2.44. The van der Waals surface area contributed by atoms with Crippen molar-refractivity contribution < 1.29 is 9.53 Å². The first-order chi connectivity index (χ1) is 14.7. The second-order valence-electron chi connectivity index (χ2n) is 7.46. The highest BCUT2D eigenvalue weighted by Gasteiger charge is 2.24. The Morgan fingerprint density at radius 3 is 2.68 bits per heavy atom. The summed E-state index contributed by atoms with van der Waals surface area (Å²) < 4.78 is 13.7. The molecule has 0 aliphatic carbocycles. The van der Waals surface area contributed by atoms with Crippen molar-refractivity contribution in [3.8, 4) is 0 Å². The maximum absolute atomic E-state index is 13.5. The van der Waals surface area contributed by atoms with Gasteiger partial charge in [0.15, 0.2) is 0 Å². The maximum Gasteiger partial charge on any atom is 0.332 e. The molecule has 0 fully saturated rings. The third-order valence-electron chi connectivity index (χ3n) is 5.38. The molecule has 0 aliphatic heterocycles. The average Bonchev–Trinajstić information content (AvgIpc) is 3.12. The number of halogens is 1. The molecule has 0 N–H and O–H groups in total. The number of esters is 1. The number of rotatable bonds is 4. The summed E-state index contributed by atoms with van der Waals surface area (Å²) >= 11 is 3.46. The summed E-state index contributed by atoms with van der Waals surface area (Å²) in [7, 11) is 1.24. The smallest absolute Gasteiger partial charge is 0.332 e. The number of aryl methyl sites for hydroxylation is 2.